The molecule has 0 saturated carbocycles. The molecule has 1 atom stereocenters. The van der Waals surface area contributed by atoms with Gasteiger partial charge in [-0.1, -0.05) is 6.07 Å². The number of fused-ring (bicyclic) bond motifs is 1. The lowest BCUT2D eigenvalue weighted by Gasteiger charge is -2.39. The van der Waals surface area contributed by atoms with Crippen LogP contribution in [0.1, 0.15) is 34.7 Å². The number of aromatic amines is 1. The number of pyridine rings is 1. The summed E-state index contributed by atoms with van der Waals surface area (Å²) in [6.45, 7) is 5.75. The summed E-state index contributed by atoms with van der Waals surface area (Å²) < 4.78 is 29.3. The fourth-order valence-corrected chi connectivity index (χ4v) is 3.84. The first-order valence-electron chi connectivity index (χ1n) is 10.7. The fourth-order valence-electron chi connectivity index (χ4n) is 3.84. The lowest BCUT2D eigenvalue weighted by Crippen LogP contribution is -2.47. The number of aromatic nitrogens is 3. The maximum Gasteiger partial charge on any atom is 0.269 e. The van der Waals surface area contributed by atoms with Gasteiger partial charge in [0.2, 0.25) is 5.95 Å². The van der Waals surface area contributed by atoms with Crippen molar-refractivity contribution in [3.05, 3.63) is 63.3 Å². The van der Waals surface area contributed by atoms with Gasteiger partial charge in [-0.05, 0) is 46.1 Å². The van der Waals surface area contributed by atoms with E-state index in [0.29, 0.717) is 54.9 Å². The largest absolute Gasteiger partial charge is 0.365 e. The van der Waals surface area contributed by atoms with E-state index in [-0.39, 0.29) is 17.3 Å². The summed E-state index contributed by atoms with van der Waals surface area (Å²) in [5.74, 6) is -1.15. The van der Waals surface area contributed by atoms with Gasteiger partial charge in [-0.3, -0.25) is 14.5 Å². The average Bonchev–Trinajstić information content (AvgIpc) is 2.81. The van der Waals surface area contributed by atoms with E-state index in [1.165, 1.54) is 6.07 Å². The predicted octanol–water partition coefficient (Wildman–Crippen LogP) is 2.44. The number of anilines is 1. The van der Waals surface area contributed by atoms with Gasteiger partial charge in [-0.2, -0.15) is 4.39 Å². The number of hydrogen-bond donors (Lipinski definition) is 2. The third-order valence-electron chi connectivity index (χ3n) is 5.63. The number of H-pyrrole nitrogens is 1. The molecule has 1 aromatic carbocycles. The second-order valence-corrected chi connectivity index (χ2v) is 7.88. The maximum atomic E-state index is 15.1. The molecule has 0 aliphatic carbocycles. The van der Waals surface area contributed by atoms with Crippen molar-refractivity contribution in [3.8, 4) is 0 Å². The van der Waals surface area contributed by atoms with Crippen LogP contribution in [-0.2, 0) is 0 Å². The zero-order chi connectivity index (χ0) is 24.1. The van der Waals surface area contributed by atoms with Crippen LogP contribution in [0, 0.1) is 18.7 Å². The Bertz CT molecular complexity index is 1190. The minimum Gasteiger partial charge on any atom is -0.365 e. The average molecular weight is 459 g/mol. The van der Waals surface area contributed by atoms with Crippen molar-refractivity contribution in [3.63, 3.8) is 0 Å². The van der Waals surface area contributed by atoms with Crippen molar-refractivity contribution in [2.24, 2.45) is 0 Å². The second kappa shape index (κ2) is 10.6. The quantitative estimate of drug-likeness (QED) is 0.458. The molecule has 176 valence electrons. The Morgan fingerprint density at radius 1 is 1.09 bits per heavy atom. The zero-order valence-electron chi connectivity index (χ0n) is 19.2. The molecular weight excluding hydrogens is 430 g/mol. The molecule has 1 fully saturated rings. The third kappa shape index (κ3) is 5.23. The monoisotopic (exact) mass is 458 g/mol. The van der Waals surface area contributed by atoms with Crippen molar-refractivity contribution in [1.29, 1.82) is 0 Å². The van der Waals surface area contributed by atoms with Gasteiger partial charge >= 0.3 is 0 Å². The summed E-state index contributed by atoms with van der Waals surface area (Å²) in [4.78, 5) is 36.9. The SMILES string of the molecule is CNC.Cc1nc2ccc(C(C)N3CCN(c4ccc(C=O)nc4F)CC3)c(F)c2[nH]c1=O. The van der Waals surface area contributed by atoms with E-state index < -0.39 is 17.3 Å². The summed E-state index contributed by atoms with van der Waals surface area (Å²) in [6.07, 6.45) is 0.509. The van der Waals surface area contributed by atoms with Gasteiger partial charge in [0.25, 0.3) is 5.56 Å². The van der Waals surface area contributed by atoms with Gasteiger partial charge < -0.3 is 15.2 Å². The highest BCUT2D eigenvalue weighted by Gasteiger charge is 2.26. The van der Waals surface area contributed by atoms with Crippen molar-refractivity contribution in [2.45, 2.75) is 19.9 Å². The number of carbonyl (C=O) groups excluding carboxylic acids is 1. The molecule has 10 heteroatoms. The van der Waals surface area contributed by atoms with Crippen LogP contribution >= 0.6 is 0 Å². The summed E-state index contributed by atoms with van der Waals surface area (Å²) in [5.41, 5.74) is 1.28. The van der Waals surface area contributed by atoms with Crippen LogP contribution in [0.3, 0.4) is 0 Å². The number of carbonyl (C=O) groups is 1. The Morgan fingerprint density at radius 2 is 1.76 bits per heavy atom. The Morgan fingerprint density at radius 3 is 2.36 bits per heavy atom. The Kier molecular flexibility index (Phi) is 7.83. The lowest BCUT2D eigenvalue weighted by molar-refractivity contribution is 0.111. The summed E-state index contributed by atoms with van der Waals surface area (Å²) >= 11 is 0. The van der Waals surface area contributed by atoms with E-state index in [2.05, 4.69) is 25.2 Å². The van der Waals surface area contributed by atoms with Crippen LogP contribution in [0.5, 0.6) is 0 Å². The van der Waals surface area contributed by atoms with Gasteiger partial charge in [0.15, 0.2) is 12.1 Å². The first kappa shape index (κ1) is 24.4. The van der Waals surface area contributed by atoms with Crippen LogP contribution in [-0.4, -0.2) is 66.4 Å². The normalized spacial score (nSPS) is 15.2. The standard InChI is InChI=1S/C21H21F2N5O2.C2H7N/c1-12-21(30)26-19-16(24-12)5-4-15(18(19)22)13(2)27-7-9-28(10-8-27)17-6-3-14(11-29)25-20(17)23;1-3-2/h3-6,11,13H,7-10H2,1-2H3,(H,26,30);3H,1-2H3. The number of hydrogen-bond acceptors (Lipinski definition) is 7. The summed E-state index contributed by atoms with van der Waals surface area (Å²) in [7, 11) is 3.75. The molecule has 8 nitrogen and oxygen atoms in total. The highest BCUT2D eigenvalue weighted by atomic mass is 19.1. The van der Waals surface area contributed by atoms with Crippen LogP contribution in [0.2, 0.25) is 0 Å². The molecule has 0 bridgehead atoms. The van der Waals surface area contributed by atoms with Crippen LogP contribution < -0.4 is 15.8 Å². The van der Waals surface area contributed by atoms with Crippen LogP contribution in [0.15, 0.2) is 29.1 Å². The van der Waals surface area contributed by atoms with Gasteiger partial charge in [-0.15, -0.1) is 0 Å². The molecule has 1 aliphatic rings. The van der Waals surface area contributed by atoms with Crippen molar-refractivity contribution >= 4 is 23.0 Å². The molecule has 2 aromatic heterocycles. The highest BCUT2D eigenvalue weighted by molar-refractivity contribution is 5.76. The molecular formula is C23H28F2N6O2. The minimum absolute atomic E-state index is 0.0537. The van der Waals surface area contributed by atoms with Gasteiger partial charge in [0.05, 0.1) is 11.2 Å². The second-order valence-electron chi connectivity index (χ2n) is 7.88. The number of nitrogens with one attached hydrogen (secondary N) is 2. The number of aryl methyl sites for hydroxylation is 1. The van der Waals surface area contributed by atoms with Crippen molar-refractivity contribution in [1.82, 2.24) is 25.2 Å². The summed E-state index contributed by atoms with van der Waals surface area (Å²) in [5, 5.41) is 2.75. The zero-order valence-corrected chi connectivity index (χ0v) is 19.2. The number of benzene rings is 1. The third-order valence-corrected chi connectivity index (χ3v) is 5.63. The molecule has 4 rings (SSSR count). The molecule has 0 spiro atoms. The Balaban J connectivity index is 0.000000968. The molecule has 3 aromatic rings. The minimum atomic E-state index is -0.673. The van der Waals surface area contributed by atoms with Crippen molar-refractivity contribution < 1.29 is 13.6 Å². The molecule has 2 N–H and O–H groups in total. The number of nitrogens with zero attached hydrogens (tertiary/aromatic N) is 4. The first-order chi connectivity index (χ1) is 15.8. The molecule has 3 heterocycles. The van der Waals surface area contributed by atoms with Crippen molar-refractivity contribution in [2.75, 3.05) is 45.2 Å². The molecule has 1 saturated heterocycles. The van der Waals surface area contributed by atoms with E-state index >= 15 is 4.39 Å². The highest BCUT2D eigenvalue weighted by Crippen LogP contribution is 2.28. The van der Waals surface area contributed by atoms with Gasteiger partial charge in [0.1, 0.15) is 16.9 Å². The smallest absolute Gasteiger partial charge is 0.269 e. The number of halogens is 2. The van der Waals surface area contributed by atoms with E-state index in [9.17, 15) is 14.0 Å². The predicted molar refractivity (Wildman–Crippen MR) is 124 cm³/mol. The Hall–Kier alpha value is -3.24. The van der Waals surface area contributed by atoms with Crippen LogP contribution in [0.4, 0.5) is 14.5 Å². The molecule has 0 radical (unpaired) electrons. The molecule has 1 unspecified atom stereocenters. The van der Waals surface area contributed by atoms with E-state index in [0.717, 1.165) is 0 Å². The molecule has 33 heavy (non-hydrogen) atoms. The first-order valence-corrected chi connectivity index (χ1v) is 10.7. The van der Waals surface area contributed by atoms with E-state index in [1.807, 2.05) is 25.9 Å². The summed E-state index contributed by atoms with van der Waals surface area (Å²) in [6, 6.07) is 6.21. The van der Waals surface area contributed by atoms with Crippen LogP contribution in [0.25, 0.3) is 11.0 Å². The Labute approximate surface area is 190 Å². The number of rotatable bonds is 4. The van der Waals surface area contributed by atoms with E-state index in [1.54, 1.807) is 25.1 Å². The van der Waals surface area contributed by atoms with E-state index in [4.69, 9.17) is 0 Å². The number of piperazine rings is 1. The van der Waals surface area contributed by atoms with Gasteiger partial charge in [-0.25, -0.2) is 14.4 Å². The number of aldehydes is 1. The lowest BCUT2D eigenvalue weighted by atomic mass is 10.0. The fraction of sp³-hybridized carbons (Fsp3) is 0.391. The molecule has 0 amide bonds. The molecule has 1 aliphatic heterocycles. The van der Waals surface area contributed by atoms with Gasteiger partial charge in [0, 0.05) is 37.8 Å². The topological polar surface area (TPSA) is 94.2 Å². The maximum absolute atomic E-state index is 15.1.